The zero-order chi connectivity index (χ0) is 24.6. The van der Waals surface area contributed by atoms with Crippen molar-refractivity contribution < 1.29 is 14.6 Å². The van der Waals surface area contributed by atoms with Crippen molar-refractivity contribution in [1.82, 2.24) is 0 Å². The molecule has 0 aliphatic carbocycles. The van der Waals surface area contributed by atoms with Gasteiger partial charge in [-0.2, -0.15) is 0 Å². The summed E-state index contributed by atoms with van der Waals surface area (Å²) in [6.07, 6.45) is -0.897. The molecule has 0 aromatic heterocycles. The second-order valence-electron chi connectivity index (χ2n) is 9.76. The minimum Gasteiger partial charge on any atom is -0.457 e. The van der Waals surface area contributed by atoms with Gasteiger partial charge in [-0.05, 0) is 53.1 Å². The van der Waals surface area contributed by atoms with E-state index in [1.54, 1.807) is 0 Å². The van der Waals surface area contributed by atoms with Gasteiger partial charge in [0.1, 0.15) is 11.5 Å². The molecule has 0 amide bonds. The molecule has 4 nitrogen and oxygen atoms in total. The van der Waals surface area contributed by atoms with Crippen molar-refractivity contribution in [2.75, 3.05) is 4.90 Å². The predicted molar refractivity (Wildman–Crippen MR) is 143 cm³/mol. The molecular weight excluding hydrogens is 458 g/mol. The van der Waals surface area contributed by atoms with E-state index < -0.39 is 11.7 Å². The number of ether oxygens (including phenoxy) is 2. The first-order valence-corrected chi connectivity index (χ1v) is 12.6. The second kappa shape index (κ2) is 7.56. The van der Waals surface area contributed by atoms with Crippen LogP contribution in [0.3, 0.4) is 0 Å². The van der Waals surface area contributed by atoms with E-state index in [1.165, 1.54) is 11.1 Å². The summed E-state index contributed by atoms with van der Waals surface area (Å²) in [5, 5.41) is 10.5. The summed E-state index contributed by atoms with van der Waals surface area (Å²) in [5.41, 5.74) is 9.14. The van der Waals surface area contributed by atoms with Crippen molar-refractivity contribution >= 4 is 17.1 Å². The normalized spacial score (nSPS) is 17.8. The van der Waals surface area contributed by atoms with Gasteiger partial charge in [0.05, 0.1) is 23.4 Å². The van der Waals surface area contributed by atoms with Crippen molar-refractivity contribution in [1.29, 1.82) is 0 Å². The van der Waals surface area contributed by atoms with Gasteiger partial charge in [0.15, 0.2) is 6.29 Å². The lowest BCUT2D eigenvalue weighted by atomic mass is 9.61. The lowest BCUT2D eigenvalue weighted by Gasteiger charge is -2.48. The van der Waals surface area contributed by atoms with Crippen molar-refractivity contribution in [3.05, 3.63) is 149 Å². The minimum absolute atomic E-state index is 0.431. The van der Waals surface area contributed by atoms with Crippen LogP contribution < -0.4 is 9.64 Å². The molecule has 3 aliphatic heterocycles. The van der Waals surface area contributed by atoms with Gasteiger partial charge in [0.2, 0.25) is 0 Å². The number of anilines is 3. The molecular formula is C33H23NO3. The standard InChI is InChI=1S/C33H23NO3/c35-32-23-19-22(18-17-21(23)20-36-32)34-28-13-5-1-9-24(28)33(25-10-2-6-14-29(25)34)26-11-3-7-15-30(26)37-31-16-8-4-12-27(31)33/h1-19,32,35H,20H2. The van der Waals surface area contributed by atoms with Gasteiger partial charge in [-0.25, -0.2) is 0 Å². The maximum atomic E-state index is 10.5. The number of aliphatic hydroxyl groups excluding tert-OH is 1. The van der Waals surface area contributed by atoms with Gasteiger partial charge in [0, 0.05) is 22.4 Å². The van der Waals surface area contributed by atoms with Crippen LogP contribution in [0.2, 0.25) is 0 Å². The van der Waals surface area contributed by atoms with Crippen LogP contribution in [0.15, 0.2) is 115 Å². The number of para-hydroxylation sites is 4. The lowest BCUT2D eigenvalue weighted by molar-refractivity contribution is -0.0918. The van der Waals surface area contributed by atoms with Crippen molar-refractivity contribution in [3.63, 3.8) is 0 Å². The quantitative estimate of drug-likeness (QED) is 0.264. The Labute approximate surface area is 215 Å². The molecule has 37 heavy (non-hydrogen) atoms. The largest absolute Gasteiger partial charge is 0.457 e. The molecule has 0 fully saturated rings. The Hall–Kier alpha value is -4.38. The number of rotatable bonds is 1. The molecule has 3 heterocycles. The molecule has 1 unspecified atom stereocenters. The molecule has 0 radical (unpaired) electrons. The predicted octanol–water partition coefficient (Wildman–Crippen LogP) is 7.48. The molecule has 5 aromatic rings. The zero-order valence-corrected chi connectivity index (χ0v) is 20.0. The number of hydrogen-bond donors (Lipinski definition) is 1. The average Bonchev–Trinajstić information content (AvgIpc) is 3.33. The van der Waals surface area contributed by atoms with Gasteiger partial charge in [-0.1, -0.05) is 78.9 Å². The summed E-state index contributed by atoms with van der Waals surface area (Å²) in [4.78, 5) is 2.31. The highest BCUT2D eigenvalue weighted by atomic mass is 16.6. The van der Waals surface area contributed by atoms with Gasteiger partial charge >= 0.3 is 0 Å². The molecule has 3 aliphatic rings. The third-order valence-corrected chi connectivity index (χ3v) is 7.95. The molecule has 4 heteroatoms. The SMILES string of the molecule is OC1OCc2ccc(N3c4ccccc4C4(c5ccccc5Oc5ccccc54)c4ccccc43)cc21. The van der Waals surface area contributed by atoms with E-state index in [2.05, 4.69) is 108 Å². The first-order valence-electron chi connectivity index (χ1n) is 12.6. The third-order valence-electron chi connectivity index (χ3n) is 7.95. The van der Waals surface area contributed by atoms with Crippen LogP contribution in [0.1, 0.15) is 39.7 Å². The Morgan fingerprint density at radius 2 is 1.19 bits per heavy atom. The van der Waals surface area contributed by atoms with E-state index in [0.29, 0.717) is 6.61 Å². The van der Waals surface area contributed by atoms with Crippen LogP contribution in [-0.4, -0.2) is 5.11 Å². The minimum atomic E-state index is -0.897. The monoisotopic (exact) mass is 481 g/mol. The molecule has 1 N–H and O–H groups in total. The third kappa shape index (κ3) is 2.69. The van der Waals surface area contributed by atoms with Gasteiger partial charge in [-0.15, -0.1) is 0 Å². The summed E-state index contributed by atoms with van der Waals surface area (Å²) < 4.78 is 11.9. The molecule has 0 saturated carbocycles. The number of hydrogen-bond acceptors (Lipinski definition) is 4. The highest BCUT2D eigenvalue weighted by Crippen LogP contribution is 2.62. The second-order valence-corrected chi connectivity index (χ2v) is 9.76. The van der Waals surface area contributed by atoms with Gasteiger partial charge < -0.3 is 19.5 Å². The smallest absolute Gasteiger partial charge is 0.182 e. The van der Waals surface area contributed by atoms with Crippen molar-refractivity contribution in [2.45, 2.75) is 18.3 Å². The Kier molecular flexibility index (Phi) is 4.25. The molecule has 0 saturated heterocycles. The van der Waals surface area contributed by atoms with Crippen LogP contribution in [0.25, 0.3) is 0 Å². The van der Waals surface area contributed by atoms with Crippen molar-refractivity contribution in [3.8, 4) is 11.5 Å². The average molecular weight is 482 g/mol. The highest BCUT2D eigenvalue weighted by Gasteiger charge is 2.51. The first-order chi connectivity index (χ1) is 18.3. The van der Waals surface area contributed by atoms with Gasteiger partial charge in [-0.3, -0.25) is 0 Å². The van der Waals surface area contributed by atoms with E-state index in [0.717, 1.165) is 50.8 Å². The molecule has 5 aromatic carbocycles. The summed E-state index contributed by atoms with van der Waals surface area (Å²) in [6, 6.07) is 40.3. The fraction of sp³-hybridized carbons (Fsp3) is 0.0909. The van der Waals surface area contributed by atoms with Crippen LogP contribution in [0.5, 0.6) is 11.5 Å². The Bertz CT molecular complexity index is 1610. The summed E-state index contributed by atoms with van der Waals surface area (Å²) in [5.74, 6) is 1.74. The summed E-state index contributed by atoms with van der Waals surface area (Å²) in [7, 11) is 0. The van der Waals surface area contributed by atoms with Crippen LogP contribution in [0, 0.1) is 0 Å². The van der Waals surface area contributed by atoms with E-state index in [1.807, 2.05) is 12.1 Å². The van der Waals surface area contributed by atoms with Crippen LogP contribution in [0.4, 0.5) is 17.1 Å². The van der Waals surface area contributed by atoms with E-state index >= 15 is 0 Å². The van der Waals surface area contributed by atoms with Crippen molar-refractivity contribution in [2.24, 2.45) is 0 Å². The van der Waals surface area contributed by atoms with Crippen LogP contribution >= 0.6 is 0 Å². The Morgan fingerprint density at radius 3 is 1.81 bits per heavy atom. The maximum Gasteiger partial charge on any atom is 0.182 e. The van der Waals surface area contributed by atoms with E-state index in [9.17, 15) is 5.11 Å². The number of nitrogens with zero attached hydrogens (tertiary/aromatic N) is 1. The maximum absolute atomic E-state index is 10.5. The van der Waals surface area contributed by atoms with E-state index in [-0.39, 0.29) is 0 Å². The Morgan fingerprint density at radius 1 is 0.649 bits per heavy atom. The first kappa shape index (κ1) is 20.8. The highest BCUT2D eigenvalue weighted by molar-refractivity contribution is 5.91. The van der Waals surface area contributed by atoms with Gasteiger partial charge in [0.25, 0.3) is 0 Å². The fourth-order valence-electron chi connectivity index (χ4n) is 6.44. The number of benzene rings is 5. The molecule has 1 atom stereocenters. The Balaban J connectivity index is 1.49. The van der Waals surface area contributed by atoms with E-state index in [4.69, 9.17) is 9.47 Å². The summed E-state index contributed by atoms with van der Waals surface area (Å²) in [6.45, 7) is 0.431. The molecule has 178 valence electrons. The molecule has 1 spiro atoms. The molecule has 0 bridgehead atoms. The zero-order valence-electron chi connectivity index (χ0n) is 20.0. The lowest BCUT2D eigenvalue weighted by Crippen LogP contribution is -2.39. The van der Waals surface area contributed by atoms with Crippen LogP contribution in [-0.2, 0) is 16.8 Å². The number of fused-ring (bicyclic) bond motifs is 9. The summed E-state index contributed by atoms with van der Waals surface area (Å²) >= 11 is 0. The fourth-order valence-corrected chi connectivity index (χ4v) is 6.44. The topological polar surface area (TPSA) is 41.9 Å². The molecule has 8 rings (SSSR count). The number of aliphatic hydroxyl groups is 1.